The van der Waals surface area contributed by atoms with E-state index in [1.807, 2.05) is 5.43 Å². The highest BCUT2D eigenvalue weighted by Crippen LogP contribution is 2.28. The monoisotopic (exact) mass is 283 g/mol. The summed E-state index contributed by atoms with van der Waals surface area (Å²) < 4.78 is 5.08. The molecule has 0 saturated carbocycles. The predicted molar refractivity (Wildman–Crippen MR) is 69.2 cm³/mol. The molecule has 1 amide bonds. The van der Waals surface area contributed by atoms with Crippen molar-refractivity contribution in [1.29, 1.82) is 0 Å². The molecule has 2 heterocycles. The minimum atomic E-state index is -0.456. The van der Waals surface area contributed by atoms with Crippen LogP contribution in [-0.4, -0.2) is 10.9 Å². The van der Waals surface area contributed by atoms with E-state index < -0.39 is 5.91 Å². The lowest BCUT2D eigenvalue weighted by atomic mass is 10.3. The van der Waals surface area contributed by atoms with E-state index in [0.717, 1.165) is 5.56 Å². The molecule has 0 atom stereocenters. The highest BCUT2D eigenvalue weighted by molar-refractivity contribution is 7.98. The molecule has 0 unspecified atom stereocenters. The summed E-state index contributed by atoms with van der Waals surface area (Å²) in [5.41, 5.74) is 2.77. The lowest BCUT2D eigenvalue weighted by molar-refractivity contribution is 0.0925. The van der Waals surface area contributed by atoms with Crippen LogP contribution in [0.2, 0.25) is 5.02 Å². The number of nitrogens with zero attached hydrogens (tertiary/aromatic N) is 1. The first-order chi connectivity index (χ1) is 8.72. The smallest absolute Gasteiger partial charge is 0.301 e. The van der Waals surface area contributed by atoms with Crippen LogP contribution in [0.5, 0.6) is 0 Å². The number of hydrogen-bond donors (Lipinski definition) is 2. The number of rotatable bonds is 4. The maximum atomic E-state index is 11.4. The number of amides is 1. The van der Waals surface area contributed by atoms with Gasteiger partial charge in [-0.25, -0.2) is 10.8 Å². The van der Waals surface area contributed by atoms with Gasteiger partial charge in [-0.3, -0.25) is 10.2 Å². The average Bonchev–Trinajstić information content (AvgIpc) is 2.85. The molecule has 0 aliphatic rings. The molecule has 0 saturated heterocycles. The summed E-state index contributed by atoms with van der Waals surface area (Å²) in [4.78, 5) is 15.5. The first kappa shape index (κ1) is 12.9. The normalized spacial score (nSPS) is 10.3. The summed E-state index contributed by atoms with van der Waals surface area (Å²) >= 11 is 7.41. The summed E-state index contributed by atoms with van der Waals surface area (Å²) in [6, 6.07) is 5.24. The highest BCUT2D eigenvalue weighted by Gasteiger charge is 2.14. The van der Waals surface area contributed by atoms with Gasteiger partial charge in [-0.2, -0.15) is 0 Å². The third-order valence-electron chi connectivity index (χ3n) is 2.17. The minimum Gasteiger partial charge on any atom is -0.459 e. The number of aromatic nitrogens is 1. The van der Waals surface area contributed by atoms with Gasteiger partial charge in [0, 0.05) is 17.5 Å². The van der Waals surface area contributed by atoms with Crippen molar-refractivity contribution in [2.75, 3.05) is 0 Å². The van der Waals surface area contributed by atoms with E-state index >= 15 is 0 Å². The number of hydrogen-bond acceptors (Lipinski definition) is 5. The molecule has 94 valence electrons. The lowest BCUT2D eigenvalue weighted by Gasteiger charge is -2.03. The Morgan fingerprint density at radius 3 is 3.11 bits per heavy atom. The highest BCUT2D eigenvalue weighted by atomic mass is 35.5. The van der Waals surface area contributed by atoms with Gasteiger partial charge in [0.15, 0.2) is 5.76 Å². The van der Waals surface area contributed by atoms with Crippen molar-refractivity contribution < 1.29 is 9.21 Å². The zero-order valence-electron chi connectivity index (χ0n) is 9.22. The molecule has 0 aromatic carbocycles. The minimum absolute atomic E-state index is 0.206. The van der Waals surface area contributed by atoms with E-state index in [0.29, 0.717) is 15.8 Å². The number of carbonyl (C=O) groups is 1. The molecule has 0 fully saturated rings. The van der Waals surface area contributed by atoms with Crippen LogP contribution >= 0.6 is 23.4 Å². The summed E-state index contributed by atoms with van der Waals surface area (Å²) in [7, 11) is 0. The van der Waals surface area contributed by atoms with Crippen molar-refractivity contribution in [3.05, 3.63) is 47.0 Å². The number of pyridine rings is 1. The van der Waals surface area contributed by atoms with E-state index in [1.54, 1.807) is 24.4 Å². The molecule has 0 aliphatic heterocycles. The topological polar surface area (TPSA) is 81.1 Å². The number of furan rings is 1. The van der Waals surface area contributed by atoms with E-state index in [4.69, 9.17) is 21.9 Å². The number of nitrogen functional groups attached to an aromatic ring is 1. The third kappa shape index (κ3) is 2.84. The zero-order chi connectivity index (χ0) is 13.0. The number of nitrogens with two attached hydrogens (primary N) is 1. The van der Waals surface area contributed by atoms with Crippen molar-refractivity contribution in [1.82, 2.24) is 10.4 Å². The summed E-state index contributed by atoms with van der Waals surface area (Å²) in [6.07, 6.45) is 3.11. The van der Waals surface area contributed by atoms with Gasteiger partial charge in [0.1, 0.15) is 5.03 Å². The molecule has 2 aromatic heterocycles. The van der Waals surface area contributed by atoms with E-state index in [1.165, 1.54) is 18.0 Å². The van der Waals surface area contributed by atoms with Gasteiger partial charge in [-0.1, -0.05) is 11.6 Å². The fraction of sp³-hybridized carbons (Fsp3) is 0.0909. The second kappa shape index (κ2) is 5.90. The van der Waals surface area contributed by atoms with Crippen LogP contribution in [0, 0.1) is 0 Å². The molecular formula is C11H10ClN3O2S. The van der Waals surface area contributed by atoms with Crippen LogP contribution in [0.25, 0.3) is 0 Å². The average molecular weight is 284 g/mol. The van der Waals surface area contributed by atoms with Gasteiger partial charge in [0.2, 0.25) is 0 Å². The lowest BCUT2D eigenvalue weighted by Crippen LogP contribution is -2.30. The van der Waals surface area contributed by atoms with Gasteiger partial charge in [-0.15, -0.1) is 11.8 Å². The molecular weight excluding hydrogens is 274 g/mol. The molecule has 3 N–H and O–H groups in total. The van der Waals surface area contributed by atoms with Crippen LogP contribution in [0.4, 0.5) is 0 Å². The zero-order valence-corrected chi connectivity index (χ0v) is 10.8. The number of carbonyl (C=O) groups excluding carboxylic acids is 1. The quantitative estimate of drug-likeness (QED) is 0.389. The van der Waals surface area contributed by atoms with E-state index in [-0.39, 0.29) is 5.76 Å². The fourth-order valence-corrected chi connectivity index (χ4v) is 2.48. The number of nitrogens with one attached hydrogen (secondary N) is 1. The summed E-state index contributed by atoms with van der Waals surface area (Å²) in [6.45, 7) is 0. The largest absolute Gasteiger partial charge is 0.459 e. The van der Waals surface area contributed by atoms with Crippen LogP contribution < -0.4 is 11.3 Å². The molecule has 2 rings (SSSR count). The number of hydrazine groups is 1. The Kier molecular flexibility index (Phi) is 4.24. The first-order valence-corrected chi connectivity index (χ1v) is 6.39. The first-order valence-electron chi connectivity index (χ1n) is 5.03. The van der Waals surface area contributed by atoms with Crippen LogP contribution in [0.1, 0.15) is 16.1 Å². The van der Waals surface area contributed by atoms with E-state index in [9.17, 15) is 4.79 Å². The van der Waals surface area contributed by atoms with Crippen LogP contribution in [-0.2, 0) is 5.75 Å². The number of halogens is 1. The third-order valence-corrected chi connectivity index (χ3v) is 3.64. The predicted octanol–water partition coefficient (Wildman–Crippen LogP) is 2.22. The SMILES string of the molecule is NNC(=O)c1occc1CSc1ncccc1Cl. The van der Waals surface area contributed by atoms with Crippen molar-refractivity contribution >= 4 is 29.3 Å². The summed E-state index contributed by atoms with van der Waals surface area (Å²) in [5.74, 6) is 5.34. The van der Waals surface area contributed by atoms with Crippen molar-refractivity contribution in [2.24, 2.45) is 5.84 Å². The summed E-state index contributed by atoms with van der Waals surface area (Å²) in [5, 5.41) is 1.29. The molecule has 0 radical (unpaired) electrons. The molecule has 5 nitrogen and oxygen atoms in total. The fourth-order valence-electron chi connectivity index (χ4n) is 1.34. The molecule has 2 aromatic rings. The molecule has 0 bridgehead atoms. The van der Waals surface area contributed by atoms with Gasteiger partial charge < -0.3 is 4.42 Å². The Labute approximate surface area is 113 Å². The van der Waals surface area contributed by atoms with Gasteiger partial charge in [-0.05, 0) is 18.2 Å². The molecule has 7 heteroatoms. The Hall–Kier alpha value is -1.50. The van der Waals surface area contributed by atoms with Gasteiger partial charge in [0.25, 0.3) is 0 Å². The Bertz CT molecular complexity index is 559. The van der Waals surface area contributed by atoms with Crippen LogP contribution in [0.15, 0.2) is 40.1 Å². The standard InChI is InChI=1S/C11H10ClN3O2S/c12-8-2-1-4-14-11(8)18-6-7-3-5-17-9(7)10(16)15-13/h1-5H,6,13H2,(H,15,16). The van der Waals surface area contributed by atoms with Crippen LogP contribution in [0.3, 0.4) is 0 Å². The Balaban J connectivity index is 2.09. The molecule has 0 spiro atoms. The molecule has 0 aliphatic carbocycles. The maximum absolute atomic E-state index is 11.4. The number of thioether (sulfide) groups is 1. The Morgan fingerprint density at radius 2 is 2.39 bits per heavy atom. The van der Waals surface area contributed by atoms with Crippen molar-refractivity contribution in [3.63, 3.8) is 0 Å². The second-order valence-corrected chi connectivity index (χ2v) is 4.70. The van der Waals surface area contributed by atoms with Gasteiger partial charge >= 0.3 is 5.91 Å². The van der Waals surface area contributed by atoms with E-state index in [2.05, 4.69) is 4.98 Å². The van der Waals surface area contributed by atoms with Crippen molar-refractivity contribution in [3.8, 4) is 0 Å². The maximum Gasteiger partial charge on any atom is 0.301 e. The Morgan fingerprint density at radius 1 is 1.56 bits per heavy atom. The van der Waals surface area contributed by atoms with Gasteiger partial charge in [0.05, 0.1) is 11.3 Å². The molecule has 18 heavy (non-hydrogen) atoms. The van der Waals surface area contributed by atoms with Crippen molar-refractivity contribution in [2.45, 2.75) is 10.8 Å². The second-order valence-electron chi connectivity index (χ2n) is 3.33.